The van der Waals surface area contributed by atoms with Crippen LogP contribution in [0, 0.1) is 11.5 Å². The van der Waals surface area contributed by atoms with E-state index in [1.54, 1.807) is 0 Å². The number of esters is 6. The van der Waals surface area contributed by atoms with Gasteiger partial charge in [0.1, 0.15) is 5.75 Å². The van der Waals surface area contributed by atoms with E-state index in [9.17, 15) is 33.6 Å². The third-order valence-corrected chi connectivity index (χ3v) is 5.79. The van der Waals surface area contributed by atoms with Crippen molar-refractivity contribution in [1.29, 1.82) is 5.26 Å². The summed E-state index contributed by atoms with van der Waals surface area (Å²) in [5.41, 5.74) is 0.435. The van der Waals surface area contributed by atoms with Crippen LogP contribution in [0.3, 0.4) is 0 Å². The van der Waals surface area contributed by atoms with Crippen molar-refractivity contribution < 1.29 is 66.7 Å². The van der Waals surface area contributed by atoms with Crippen LogP contribution in [0.4, 0.5) is 5.69 Å². The highest BCUT2D eigenvalue weighted by atomic mass is 16.6. The first-order valence-electron chi connectivity index (χ1n) is 13.9. The number of carbonyl (C=O) groups excluding carboxylic acids is 7. The van der Waals surface area contributed by atoms with Gasteiger partial charge in [-0.25, -0.2) is 33.6 Å². The van der Waals surface area contributed by atoms with Crippen molar-refractivity contribution in [3.8, 4) is 12.0 Å². The molecule has 0 aliphatic carbocycles. The molecule has 0 saturated heterocycles. The number of hydrogen-bond donors (Lipinski definition) is 0. The summed E-state index contributed by atoms with van der Waals surface area (Å²) in [5, 5.41) is 8.50. The molecule has 4 unspecified atom stereocenters. The highest BCUT2D eigenvalue weighted by Crippen LogP contribution is 2.15. The van der Waals surface area contributed by atoms with Crippen LogP contribution in [0.1, 0.15) is 54.8 Å². The molecule has 2 aromatic rings. The van der Waals surface area contributed by atoms with Crippen molar-refractivity contribution in [2.45, 2.75) is 58.5 Å². The van der Waals surface area contributed by atoms with Crippen LogP contribution >= 0.6 is 0 Å². The highest BCUT2D eigenvalue weighted by Gasteiger charge is 2.27. The lowest BCUT2D eigenvalue weighted by Gasteiger charge is -2.17. The van der Waals surface area contributed by atoms with Crippen molar-refractivity contribution >= 4 is 47.6 Å². The first-order chi connectivity index (χ1) is 22.4. The molecule has 0 aliphatic heterocycles. The molecule has 0 radical (unpaired) electrons. The van der Waals surface area contributed by atoms with E-state index < -0.39 is 60.2 Å². The van der Waals surface area contributed by atoms with Gasteiger partial charge in [-0.3, -0.25) is 0 Å². The lowest BCUT2D eigenvalue weighted by Crippen LogP contribution is -2.34. The van der Waals surface area contributed by atoms with Gasteiger partial charge >= 0.3 is 35.8 Å². The van der Waals surface area contributed by atoms with E-state index in [1.165, 1.54) is 88.6 Å². The van der Waals surface area contributed by atoms with Gasteiger partial charge in [0.15, 0.2) is 24.4 Å². The summed E-state index contributed by atoms with van der Waals surface area (Å²) >= 11 is 0. The van der Waals surface area contributed by atoms with Crippen LogP contribution in [-0.2, 0) is 52.4 Å². The summed E-state index contributed by atoms with van der Waals surface area (Å²) in [6.07, 6.45) is -2.52. The number of nitrogens with zero attached hydrogens (tertiary/aromatic N) is 2. The van der Waals surface area contributed by atoms with Crippen LogP contribution < -0.4 is 4.74 Å². The fourth-order valence-corrected chi connectivity index (χ4v) is 3.27. The number of rotatable bonds is 16. The van der Waals surface area contributed by atoms with Crippen LogP contribution in [0.5, 0.6) is 5.75 Å². The summed E-state index contributed by atoms with van der Waals surface area (Å²) in [6, 6.07) is 10.8. The number of hydrogen-bond acceptors (Lipinski definition) is 16. The first kappa shape index (κ1) is 37.1. The Bertz CT molecular complexity index is 1520. The van der Waals surface area contributed by atoms with Crippen LogP contribution in [-0.4, -0.2) is 79.5 Å². The minimum atomic E-state index is -1.36. The average molecular weight is 655 g/mol. The van der Waals surface area contributed by atoms with Gasteiger partial charge in [-0.2, -0.15) is 4.99 Å². The summed E-state index contributed by atoms with van der Waals surface area (Å²) < 4.78 is 34.6. The van der Waals surface area contributed by atoms with Crippen LogP contribution in [0.15, 0.2) is 53.5 Å². The number of ether oxygens (including phenoxy) is 7. The van der Waals surface area contributed by atoms with Gasteiger partial charge in [0.25, 0.3) is 6.26 Å². The molecular weight excluding hydrogens is 624 g/mol. The van der Waals surface area contributed by atoms with Crippen molar-refractivity contribution in [2.75, 3.05) is 13.2 Å². The van der Waals surface area contributed by atoms with E-state index in [0.29, 0.717) is 0 Å². The minimum Gasteiger partial charge on any atom is -0.463 e. The normalized spacial score (nSPS) is 12.7. The van der Waals surface area contributed by atoms with Gasteiger partial charge in [0, 0.05) is 6.42 Å². The Hall–Kier alpha value is -6.07. The summed E-state index contributed by atoms with van der Waals surface area (Å²) in [6.45, 7) is 4.56. The minimum absolute atomic E-state index is 0.0516. The Balaban J connectivity index is 1.66. The molecule has 0 fully saturated rings. The summed E-state index contributed by atoms with van der Waals surface area (Å²) in [5.74, 6) is -5.33. The summed E-state index contributed by atoms with van der Waals surface area (Å²) in [7, 11) is 0. The maximum Gasteiger partial charge on any atom is 0.348 e. The van der Waals surface area contributed by atoms with E-state index in [4.69, 9.17) is 33.7 Å². The second-order valence-electron chi connectivity index (χ2n) is 9.41. The highest BCUT2D eigenvalue weighted by molar-refractivity contribution is 5.92. The predicted octanol–water partition coefficient (Wildman–Crippen LogP) is 2.64. The third kappa shape index (κ3) is 12.4. The van der Waals surface area contributed by atoms with Crippen molar-refractivity contribution in [3.63, 3.8) is 0 Å². The Morgan fingerprint density at radius 1 is 0.638 bits per heavy atom. The molecule has 0 aromatic heterocycles. The molecule has 16 nitrogen and oxygen atoms in total. The fourth-order valence-electron chi connectivity index (χ4n) is 3.27. The van der Waals surface area contributed by atoms with Gasteiger partial charge in [-0.1, -0.05) is 0 Å². The predicted molar refractivity (Wildman–Crippen MR) is 154 cm³/mol. The smallest absolute Gasteiger partial charge is 0.348 e. The molecule has 4 atom stereocenters. The largest absolute Gasteiger partial charge is 0.463 e. The number of nitriles is 1. The van der Waals surface area contributed by atoms with Crippen molar-refractivity contribution in [1.82, 2.24) is 0 Å². The second kappa shape index (κ2) is 18.7. The number of carbonyl (C=O) groups is 6. The second-order valence-corrected chi connectivity index (χ2v) is 9.41. The van der Waals surface area contributed by atoms with Crippen LogP contribution in [0.25, 0.3) is 0 Å². The van der Waals surface area contributed by atoms with E-state index >= 15 is 0 Å². The van der Waals surface area contributed by atoms with Gasteiger partial charge in [-0.05, 0) is 76.2 Å². The quantitative estimate of drug-likeness (QED) is 0.0634. The Morgan fingerprint density at radius 3 is 1.45 bits per heavy atom. The Kier molecular flexibility index (Phi) is 14.7. The monoisotopic (exact) mass is 654 g/mol. The zero-order valence-corrected chi connectivity index (χ0v) is 25.7. The molecule has 0 heterocycles. The zero-order valence-electron chi connectivity index (χ0n) is 25.7. The van der Waals surface area contributed by atoms with Gasteiger partial charge in [0.2, 0.25) is 6.08 Å². The lowest BCUT2D eigenvalue weighted by molar-refractivity contribution is -0.173. The SMILES string of the molecule is CC(OC(=O)c1ccc(N=C=O)cc1)C(=O)OC(C)C(=O)OCCCOC(=O)C(C)OC(=O)C(C)OC(=O)c1ccc(OC#N)cc1. The average Bonchev–Trinajstić information content (AvgIpc) is 3.05. The Morgan fingerprint density at radius 2 is 1.04 bits per heavy atom. The molecule has 16 heteroatoms. The first-order valence-corrected chi connectivity index (χ1v) is 13.9. The number of isocyanates is 1. The van der Waals surface area contributed by atoms with E-state index in [-0.39, 0.29) is 42.2 Å². The third-order valence-electron chi connectivity index (χ3n) is 5.79. The molecule has 0 N–H and O–H groups in total. The molecule has 47 heavy (non-hydrogen) atoms. The van der Waals surface area contributed by atoms with Gasteiger partial charge in [-0.15, -0.1) is 5.26 Å². The van der Waals surface area contributed by atoms with E-state index in [1.807, 2.05) is 0 Å². The lowest BCUT2D eigenvalue weighted by atomic mass is 10.2. The molecule has 0 aliphatic rings. The van der Waals surface area contributed by atoms with E-state index in [0.717, 1.165) is 0 Å². The number of benzene rings is 2. The summed E-state index contributed by atoms with van der Waals surface area (Å²) in [4.78, 5) is 86.9. The molecule has 0 amide bonds. The van der Waals surface area contributed by atoms with Gasteiger partial charge in [0.05, 0.1) is 30.0 Å². The van der Waals surface area contributed by atoms with Crippen molar-refractivity contribution in [2.24, 2.45) is 4.99 Å². The zero-order chi connectivity index (χ0) is 34.9. The Labute approximate surface area is 268 Å². The molecule has 2 aromatic carbocycles. The van der Waals surface area contributed by atoms with Crippen molar-refractivity contribution in [3.05, 3.63) is 59.7 Å². The molecule has 248 valence electrons. The maximum absolute atomic E-state index is 12.3. The van der Waals surface area contributed by atoms with Crippen LogP contribution in [0.2, 0.25) is 0 Å². The fraction of sp³-hybridized carbons (Fsp3) is 0.355. The number of aliphatic imine (C=N–C) groups is 1. The van der Waals surface area contributed by atoms with E-state index in [2.05, 4.69) is 9.73 Å². The molecule has 0 spiro atoms. The standard InChI is InChI=1S/C31H30N2O14/c1-18(44-28(37)20(3)46-30(39)22-6-10-24(11-7-22)33-17-34)26(35)41-14-5-15-42-27(36)19(2)45-29(38)21(4)47-31(40)23-8-12-25(13-9-23)43-16-32/h6-13,18-21H,5,14-15H2,1-4H3. The molecular formula is C31H30N2O14. The molecule has 2 rings (SSSR count). The molecule has 0 bridgehead atoms. The van der Waals surface area contributed by atoms with Gasteiger partial charge < -0.3 is 33.2 Å². The molecule has 0 saturated carbocycles. The topological polar surface area (TPSA) is 220 Å². The maximum atomic E-state index is 12.3.